The van der Waals surface area contributed by atoms with Crippen LogP contribution in [0.1, 0.15) is 51.6 Å². The number of benzene rings is 1. The summed E-state index contributed by atoms with van der Waals surface area (Å²) >= 11 is 0. The third kappa shape index (κ3) is 4.59. The minimum Gasteiger partial charge on any atom is -0.329 e. The summed E-state index contributed by atoms with van der Waals surface area (Å²) in [5.74, 6) is -0.192. The van der Waals surface area contributed by atoms with Gasteiger partial charge in [-0.15, -0.1) is 0 Å². The Morgan fingerprint density at radius 3 is 2.32 bits per heavy atom. The van der Waals surface area contributed by atoms with E-state index in [1.807, 2.05) is 12.1 Å². The smallest absolute Gasteiger partial charge is 0.123 e. The van der Waals surface area contributed by atoms with Crippen LogP contribution in [0, 0.1) is 5.82 Å². The van der Waals surface area contributed by atoms with Crippen molar-refractivity contribution < 1.29 is 4.39 Å². The number of rotatable bonds is 8. The Labute approximate surface area is 116 Å². The largest absolute Gasteiger partial charge is 0.329 e. The molecule has 1 aromatic rings. The highest BCUT2D eigenvalue weighted by Gasteiger charge is 2.22. The quantitative estimate of drug-likeness (QED) is 0.777. The Balaban J connectivity index is 2.91. The first-order chi connectivity index (χ1) is 9.13. The van der Waals surface area contributed by atoms with Gasteiger partial charge in [-0.25, -0.2) is 4.39 Å². The molecule has 0 bridgehead atoms. The molecule has 19 heavy (non-hydrogen) atoms. The second-order valence-corrected chi connectivity index (χ2v) is 5.15. The van der Waals surface area contributed by atoms with Gasteiger partial charge in [-0.1, -0.05) is 32.4 Å². The fourth-order valence-electron chi connectivity index (χ4n) is 2.41. The second-order valence-electron chi connectivity index (χ2n) is 5.15. The van der Waals surface area contributed by atoms with E-state index in [9.17, 15) is 4.39 Å². The summed E-state index contributed by atoms with van der Waals surface area (Å²) in [6.45, 7) is 8.25. The first-order valence-electron chi connectivity index (χ1n) is 7.35. The summed E-state index contributed by atoms with van der Waals surface area (Å²) in [5, 5.41) is 0. The molecule has 0 heterocycles. The molecule has 0 saturated carbocycles. The Morgan fingerprint density at radius 1 is 1.21 bits per heavy atom. The molecule has 0 spiro atoms. The summed E-state index contributed by atoms with van der Waals surface area (Å²) in [5.41, 5.74) is 7.08. The van der Waals surface area contributed by atoms with Crippen LogP contribution in [0.15, 0.2) is 24.3 Å². The van der Waals surface area contributed by atoms with Crippen LogP contribution in [-0.2, 0) is 0 Å². The maximum absolute atomic E-state index is 13.0. The summed E-state index contributed by atoms with van der Waals surface area (Å²) < 4.78 is 13.0. The van der Waals surface area contributed by atoms with Crippen LogP contribution >= 0.6 is 0 Å². The zero-order valence-corrected chi connectivity index (χ0v) is 12.4. The van der Waals surface area contributed by atoms with E-state index in [-0.39, 0.29) is 11.9 Å². The highest BCUT2D eigenvalue weighted by atomic mass is 19.1. The molecule has 3 heteroatoms. The molecule has 1 aromatic carbocycles. The Hall–Kier alpha value is -0.930. The van der Waals surface area contributed by atoms with Crippen LogP contribution in [0.3, 0.4) is 0 Å². The van der Waals surface area contributed by atoms with E-state index >= 15 is 0 Å². The number of halogens is 1. The van der Waals surface area contributed by atoms with Gasteiger partial charge in [0.05, 0.1) is 0 Å². The SMILES string of the molecule is CCCCN(C(C)CC)C(CN)c1ccc(F)cc1. The first kappa shape index (κ1) is 16.1. The zero-order valence-electron chi connectivity index (χ0n) is 12.4. The molecule has 1 rings (SSSR count). The van der Waals surface area contributed by atoms with Crippen LogP contribution in [0.4, 0.5) is 4.39 Å². The lowest BCUT2D eigenvalue weighted by Gasteiger charge is -2.36. The monoisotopic (exact) mass is 266 g/mol. The molecule has 108 valence electrons. The van der Waals surface area contributed by atoms with E-state index in [0.717, 1.165) is 18.5 Å². The van der Waals surface area contributed by atoms with Gasteiger partial charge in [-0.3, -0.25) is 4.90 Å². The standard InChI is InChI=1S/C16H27FN2/c1-4-6-11-19(13(3)5-2)16(12-18)14-7-9-15(17)10-8-14/h7-10,13,16H,4-6,11-12,18H2,1-3H3. The number of nitrogens with zero attached hydrogens (tertiary/aromatic N) is 1. The molecular weight excluding hydrogens is 239 g/mol. The van der Waals surface area contributed by atoms with Gasteiger partial charge in [-0.2, -0.15) is 0 Å². The normalized spacial score (nSPS) is 14.6. The van der Waals surface area contributed by atoms with E-state index in [1.54, 1.807) is 0 Å². The van der Waals surface area contributed by atoms with Crippen molar-refractivity contribution in [2.24, 2.45) is 5.73 Å². The molecule has 2 unspecified atom stereocenters. The maximum Gasteiger partial charge on any atom is 0.123 e. The molecule has 0 saturated heterocycles. The van der Waals surface area contributed by atoms with Crippen LogP contribution < -0.4 is 5.73 Å². The lowest BCUT2D eigenvalue weighted by atomic mass is 10.0. The number of hydrogen-bond acceptors (Lipinski definition) is 2. The van der Waals surface area contributed by atoms with E-state index in [4.69, 9.17) is 5.73 Å². The van der Waals surface area contributed by atoms with Crippen molar-refractivity contribution in [3.05, 3.63) is 35.6 Å². The van der Waals surface area contributed by atoms with E-state index in [1.165, 1.54) is 25.0 Å². The van der Waals surface area contributed by atoms with Gasteiger partial charge in [0.2, 0.25) is 0 Å². The fourth-order valence-corrected chi connectivity index (χ4v) is 2.41. The highest BCUT2D eigenvalue weighted by Crippen LogP contribution is 2.24. The molecule has 0 amide bonds. The fraction of sp³-hybridized carbons (Fsp3) is 0.625. The van der Waals surface area contributed by atoms with Gasteiger partial charge in [0, 0.05) is 18.6 Å². The number of hydrogen-bond donors (Lipinski definition) is 1. The third-order valence-electron chi connectivity index (χ3n) is 3.81. The molecule has 0 aliphatic rings. The van der Waals surface area contributed by atoms with Crippen molar-refractivity contribution in [1.82, 2.24) is 4.90 Å². The van der Waals surface area contributed by atoms with Gasteiger partial charge < -0.3 is 5.73 Å². The molecule has 2 N–H and O–H groups in total. The molecule has 0 fully saturated rings. The van der Waals surface area contributed by atoms with Crippen molar-refractivity contribution in [1.29, 1.82) is 0 Å². The minimum absolute atomic E-state index is 0.182. The topological polar surface area (TPSA) is 29.3 Å². The van der Waals surface area contributed by atoms with Crippen molar-refractivity contribution in [3.8, 4) is 0 Å². The molecule has 2 nitrogen and oxygen atoms in total. The molecular formula is C16H27FN2. The summed E-state index contributed by atoms with van der Waals surface area (Å²) in [6.07, 6.45) is 3.44. The van der Waals surface area contributed by atoms with Crippen LogP contribution in [0.2, 0.25) is 0 Å². The predicted molar refractivity (Wildman–Crippen MR) is 79.6 cm³/mol. The van der Waals surface area contributed by atoms with Gasteiger partial charge in [0.1, 0.15) is 5.82 Å². The van der Waals surface area contributed by atoms with Crippen molar-refractivity contribution in [2.45, 2.75) is 52.1 Å². The summed E-state index contributed by atoms with van der Waals surface area (Å²) in [4.78, 5) is 2.46. The summed E-state index contributed by atoms with van der Waals surface area (Å²) in [7, 11) is 0. The second kappa shape index (κ2) is 8.28. The molecule has 0 radical (unpaired) electrons. The van der Waals surface area contributed by atoms with E-state index in [2.05, 4.69) is 25.7 Å². The lowest BCUT2D eigenvalue weighted by Crippen LogP contribution is -2.40. The van der Waals surface area contributed by atoms with Gasteiger partial charge >= 0.3 is 0 Å². The first-order valence-corrected chi connectivity index (χ1v) is 7.35. The molecule has 2 atom stereocenters. The van der Waals surface area contributed by atoms with Crippen molar-refractivity contribution in [3.63, 3.8) is 0 Å². The Morgan fingerprint density at radius 2 is 1.84 bits per heavy atom. The van der Waals surface area contributed by atoms with Gasteiger partial charge in [-0.05, 0) is 44.0 Å². The molecule has 0 aliphatic heterocycles. The third-order valence-corrected chi connectivity index (χ3v) is 3.81. The van der Waals surface area contributed by atoms with Crippen molar-refractivity contribution >= 4 is 0 Å². The van der Waals surface area contributed by atoms with Gasteiger partial charge in [0.15, 0.2) is 0 Å². The van der Waals surface area contributed by atoms with Gasteiger partial charge in [0.25, 0.3) is 0 Å². The Kier molecular flexibility index (Phi) is 7.03. The Bertz CT molecular complexity index is 350. The molecule has 0 aromatic heterocycles. The average Bonchev–Trinajstić information content (AvgIpc) is 2.44. The van der Waals surface area contributed by atoms with E-state index in [0.29, 0.717) is 12.6 Å². The van der Waals surface area contributed by atoms with Crippen LogP contribution in [0.25, 0.3) is 0 Å². The minimum atomic E-state index is -0.192. The lowest BCUT2D eigenvalue weighted by molar-refractivity contribution is 0.141. The van der Waals surface area contributed by atoms with Crippen LogP contribution in [-0.4, -0.2) is 24.0 Å². The highest BCUT2D eigenvalue weighted by molar-refractivity contribution is 5.20. The van der Waals surface area contributed by atoms with Crippen molar-refractivity contribution in [2.75, 3.05) is 13.1 Å². The summed E-state index contributed by atoms with van der Waals surface area (Å²) in [6, 6.07) is 7.42. The zero-order chi connectivity index (χ0) is 14.3. The average molecular weight is 266 g/mol. The van der Waals surface area contributed by atoms with E-state index < -0.39 is 0 Å². The molecule has 0 aliphatic carbocycles. The number of nitrogens with two attached hydrogens (primary N) is 1. The predicted octanol–water partition coefficient (Wildman–Crippen LogP) is 3.73. The maximum atomic E-state index is 13.0. The van der Waals surface area contributed by atoms with Crippen LogP contribution in [0.5, 0.6) is 0 Å². The number of unbranched alkanes of at least 4 members (excludes halogenated alkanes) is 1.